The number of aliphatic hydroxyl groups excluding tert-OH is 1. The van der Waals surface area contributed by atoms with E-state index >= 15 is 0 Å². The average molecular weight is 263 g/mol. The first kappa shape index (κ1) is 14.3. The van der Waals surface area contributed by atoms with E-state index in [2.05, 4.69) is 0 Å². The van der Waals surface area contributed by atoms with Crippen LogP contribution in [0.15, 0.2) is 0 Å². The Hall–Kier alpha value is -0.790. The monoisotopic (exact) mass is 263 g/mol. The lowest BCUT2D eigenvalue weighted by molar-refractivity contribution is -0.147. The van der Waals surface area contributed by atoms with Crippen molar-refractivity contribution in [2.75, 3.05) is 31.8 Å². The summed E-state index contributed by atoms with van der Waals surface area (Å²) >= 11 is 1.40. The van der Waals surface area contributed by atoms with Crippen LogP contribution in [0.1, 0.15) is 6.42 Å². The Morgan fingerprint density at radius 3 is 2.82 bits per heavy atom. The molecule has 1 saturated heterocycles. The molecule has 1 heterocycles. The van der Waals surface area contributed by atoms with Crippen molar-refractivity contribution in [3.8, 4) is 0 Å². The molecule has 0 spiro atoms. The van der Waals surface area contributed by atoms with E-state index in [9.17, 15) is 14.7 Å². The normalized spacial score (nSPS) is 24.0. The Balaban J connectivity index is 2.41. The maximum atomic E-state index is 11.8. The van der Waals surface area contributed by atoms with E-state index in [4.69, 9.17) is 9.84 Å². The molecule has 7 heteroatoms. The van der Waals surface area contributed by atoms with Crippen molar-refractivity contribution in [1.29, 1.82) is 0 Å². The summed E-state index contributed by atoms with van der Waals surface area (Å²) in [7, 11) is 1.58. The first-order valence-electron chi connectivity index (χ1n) is 5.33. The zero-order valence-electron chi connectivity index (χ0n) is 9.66. The van der Waals surface area contributed by atoms with Crippen LogP contribution >= 0.6 is 11.8 Å². The number of rotatable bonds is 6. The molecule has 1 aliphatic heterocycles. The highest BCUT2D eigenvalue weighted by Gasteiger charge is 2.38. The summed E-state index contributed by atoms with van der Waals surface area (Å²) in [5.74, 6) is -0.386. The first-order valence-corrected chi connectivity index (χ1v) is 6.48. The third kappa shape index (κ3) is 4.18. The minimum absolute atomic E-state index is 0.112. The van der Waals surface area contributed by atoms with Crippen LogP contribution in [0.3, 0.4) is 0 Å². The van der Waals surface area contributed by atoms with E-state index in [1.807, 2.05) is 0 Å². The number of nitrogens with zero attached hydrogens (tertiary/aromatic N) is 1. The molecule has 0 aromatic rings. The number of carboxylic acids is 1. The lowest BCUT2D eigenvalue weighted by Gasteiger charge is -2.20. The Bertz CT molecular complexity index is 286. The van der Waals surface area contributed by atoms with Crippen LogP contribution in [0.4, 0.5) is 0 Å². The molecule has 6 nitrogen and oxygen atoms in total. The maximum absolute atomic E-state index is 11.8. The van der Waals surface area contributed by atoms with Gasteiger partial charge in [-0.2, -0.15) is 0 Å². The van der Waals surface area contributed by atoms with Crippen LogP contribution in [-0.4, -0.2) is 70.9 Å². The van der Waals surface area contributed by atoms with Crippen LogP contribution < -0.4 is 0 Å². The molecule has 1 rings (SSSR count). The van der Waals surface area contributed by atoms with E-state index < -0.39 is 18.1 Å². The van der Waals surface area contributed by atoms with Gasteiger partial charge in [-0.1, -0.05) is 0 Å². The summed E-state index contributed by atoms with van der Waals surface area (Å²) in [4.78, 5) is 23.9. The molecule has 2 N–H and O–H groups in total. The molecule has 1 unspecified atom stereocenters. The molecule has 0 bridgehead atoms. The highest BCUT2D eigenvalue weighted by Crippen LogP contribution is 2.19. The number of ether oxygens (including phenoxy) is 1. The zero-order valence-corrected chi connectivity index (χ0v) is 10.5. The quantitative estimate of drug-likeness (QED) is 0.623. The predicted octanol–water partition coefficient (Wildman–Crippen LogP) is -0.588. The molecular weight excluding hydrogens is 246 g/mol. The van der Waals surface area contributed by atoms with Crippen molar-refractivity contribution in [2.45, 2.75) is 18.6 Å². The van der Waals surface area contributed by atoms with E-state index in [1.165, 1.54) is 16.7 Å². The van der Waals surface area contributed by atoms with Gasteiger partial charge in [-0.05, 0) is 0 Å². The lowest BCUT2D eigenvalue weighted by atomic mass is 10.2. The van der Waals surface area contributed by atoms with E-state index in [1.54, 1.807) is 7.11 Å². The van der Waals surface area contributed by atoms with Gasteiger partial charge in [0.05, 0.1) is 18.5 Å². The molecule has 0 aromatic carbocycles. The second-order valence-electron chi connectivity index (χ2n) is 3.84. The summed E-state index contributed by atoms with van der Waals surface area (Å²) in [5.41, 5.74) is 0. The van der Waals surface area contributed by atoms with Crippen molar-refractivity contribution in [1.82, 2.24) is 4.90 Å². The zero-order chi connectivity index (χ0) is 12.8. The van der Waals surface area contributed by atoms with Gasteiger partial charge in [-0.15, -0.1) is 11.8 Å². The fourth-order valence-corrected chi connectivity index (χ4v) is 2.48. The SMILES string of the molecule is COCCSCC(=O)N1CC(O)C[C@H]1C(=O)O. The molecule has 98 valence electrons. The number of amides is 1. The number of carbonyl (C=O) groups excluding carboxylic acids is 1. The third-order valence-corrected chi connectivity index (χ3v) is 3.45. The molecular formula is C10H17NO5S. The van der Waals surface area contributed by atoms with Crippen molar-refractivity contribution in [3.05, 3.63) is 0 Å². The van der Waals surface area contributed by atoms with Gasteiger partial charge in [0.15, 0.2) is 0 Å². The Kier molecular flexibility index (Phi) is 5.73. The number of aliphatic hydroxyl groups is 1. The number of methoxy groups -OCH3 is 1. The Morgan fingerprint density at radius 2 is 2.24 bits per heavy atom. The maximum Gasteiger partial charge on any atom is 0.326 e. The Morgan fingerprint density at radius 1 is 1.53 bits per heavy atom. The van der Waals surface area contributed by atoms with Gasteiger partial charge in [0.1, 0.15) is 6.04 Å². The van der Waals surface area contributed by atoms with Crippen LogP contribution in [0.25, 0.3) is 0 Å². The number of β-amino-alcohol motifs (C(OH)–C–C–N with tert-alkyl or cyclic N) is 1. The molecule has 0 radical (unpaired) electrons. The number of aliphatic carboxylic acids is 1. The molecule has 0 saturated carbocycles. The van der Waals surface area contributed by atoms with Gasteiger partial charge in [0.25, 0.3) is 0 Å². The number of hydrogen-bond acceptors (Lipinski definition) is 5. The fraction of sp³-hybridized carbons (Fsp3) is 0.800. The van der Waals surface area contributed by atoms with Gasteiger partial charge in [0.2, 0.25) is 5.91 Å². The fourth-order valence-electron chi connectivity index (χ4n) is 1.71. The minimum atomic E-state index is -1.06. The lowest BCUT2D eigenvalue weighted by Crippen LogP contribution is -2.41. The van der Waals surface area contributed by atoms with Crippen molar-refractivity contribution < 1.29 is 24.5 Å². The van der Waals surface area contributed by atoms with E-state index in [0.717, 1.165) is 0 Å². The summed E-state index contributed by atoms with van der Waals surface area (Å²) in [6.45, 7) is 0.670. The molecule has 1 fully saturated rings. The molecule has 0 aromatic heterocycles. The molecule has 0 aliphatic carbocycles. The standard InChI is InChI=1S/C10H17NO5S/c1-16-2-3-17-6-9(13)11-5-7(12)4-8(11)10(14)15/h7-8,12H,2-6H2,1H3,(H,14,15)/t7?,8-/m0/s1. The predicted molar refractivity (Wildman–Crippen MR) is 63.0 cm³/mol. The van der Waals surface area contributed by atoms with Gasteiger partial charge in [-0.3, -0.25) is 4.79 Å². The van der Waals surface area contributed by atoms with Crippen molar-refractivity contribution in [2.24, 2.45) is 0 Å². The first-order chi connectivity index (χ1) is 8.06. The second-order valence-corrected chi connectivity index (χ2v) is 4.94. The third-order valence-electron chi connectivity index (χ3n) is 2.54. The number of likely N-dealkylation sites (tertiary alicyclic amines) is 1. The molecule has 2 atom stereocenters. The number of carbonyl (C=O) groups is 2. The van der Waals surface area contributed by atoms with Crippen molar-refractivity contribution in [3.63, 3.8) is 0 Å². The number of hydrogen-bond donors (Lipinski definition) is 2. The van der Waals surface area contributed by atoms with E-state index in [-0.39, 0.29) is 24.6 Å². The minimum Gasteiger partial charge on any atom is -0.480 e. The highest BCUT2D eigenvalue weighted by atomic mass is 32.2. The number of thioether (sulfide) groups is 1. The van der Waals surface area contributed by atoms with Crippen molar-refractivity contribution >= 4 is 23.6 Å². The van der Waals surface area contributed by atoms with Crippen LogP contribution in [-0.2, 0) is 14.3 Å². The van der Waals surface area contributed by atoms with Gasteiger partial charge in [-0.25, -0.2) is 4.79 Å². The van der Waals surface area contributed by atoms with E-state index in [0.29, 0.717) is 12.4 Å². The highest BCUT2D eigenvalue weighted by molar-refractivity contribution is 7.99. The van der Waals surface area contributed by atoms with Gasteiger partial charge in [0, 0.05) is 25.8 Å². The number of carboxylic acid groups (broad SMARTS) is 1. The summed E-state index contributed by atoms with van der Waals surface area (Å²) in [6.07, 6.45) is -0.617. The molecule has 17 heavy (non-hydrogen) atoms. The molecule has 1 amide bonds. The Labute approximate surface area is 104 Å². The van der Waals surface area contributed by atoms with Gasteiger partial charge < -0.3 is 19.8 Å². The topological polar surface area (TPSA) is 87.1 Å². The smallest absolute Gasteiger partial charge is 0.326 e. The second kappa shape index (κ2) is 6.83. The average Bonchev–Trinajstić information content (AvgIpc) is 2.66. The van der Waals surface area contributed by atoms with Gasteiger partial charge >= 0.3 is 5.97 Å². The molecule has 1 aliphatic rings. The summed E-state index contributed by atoms with van der Waals surface area (Å²) in [6, 6.07) is -0.888. The van der Waals surface area contributed by atoms with Crippen LogP contribution in [0.5, 0.6) is 0 Å². The summed E-state index contributed by atoms with van der Waals surface area (Å²) in [5, 5.41) is 18.3. The largest absolute Gasteiger partial charge is 0.480 e. The van der Waals surface area contributed by atoms with Crippen LogP contribution in [0, 0.1) is 0 Å². The summed E-state index contributed by atoms with van der Waals surface area (Å²) < 4.78 is 4.85. The van der Waals surface area contributed by atoms with Crippen LogP contribution in [0.2, 0.25) is 0 Å².